The molecule has 0 unspecified atom stereocenters. The molecule has 2 saturated heterocycles. The quantitative estimate of drug-likeness (QED) is 0.904. The van der Waals surface area contributed by atoms with Crippen molar-refractivity contribution in [3.63, 3.8) is 0 Å². The number of cyclic esters (lactones) is 1. The van der Waals surface area contributed by atoms with Crippen LogP contribution in [-0.2, 0) is 16.0 Å². The first-order valence-electron chi connectivity index (χ1n) is 8.20. The molecule has 128 valence electrons. The summed E-state index contributed by atoms with van der Waals surface area (Å²) in [5.74, 6) is -0.286. The highest BCUT2D eigenvalue weighted by molar-refractivity contribution is 5.98. The number of benzene rings is 1. The van der Waals surface area contributed by atoms with E-state index in [1.165, 1.54) is 10.5 Å². The Kier molecular flexibility index (Phi) is 4.98. The number of piperidine rings is 1. The molecule has 0 spiro atoms. The number of ether oxygens (including phenoxy) is 1. The Morgan fingerprint density at radius 3 is 2.50 bits per heavy atom. The van der Waals surface area contributed by atoms with Crippen LogP contribution in [-0.4, -0.2) is 60.1 Å². The minimum absolute atomic E-state index is 0.0975. The summed E-state index contributed by atoms with van der Waals surface area (Å²) in [4.78, 5) is 38.3. The molecule has 0 saturated carbocycles. The van der Waals surface area contributed by atoms with Gasteiger partial charge in [0, 0.05) is 25.7 Å². The van der Waals surface area contributed by atoms with Crippen LogP contribution in [0.4, 0.5) is 9.59 Å². The number of rotatable bonds is 4. The van der Waals surface area contributed by atoms with E-state index in [1.54, 1.807) is 4.90 Å². The van der Waals surface area contributed by atoms with E-state index < -0.39 is 6.09 Å². The molecule has 7 nitrogen and oxygen atoms in total. The largest absolute Gasteiger partial charge is 0.439 e. The van der Waals surface area contributed by atoms with E-state index in [4.69, 9.17) is 4.74 Å². The van der Waals surface area contributed by atoms with E-state index in [0.29, 0.717) is 32.5 Å². The molecule has 0 aromatic heterocycles. The summed E-state index contributed by atoms with van der Waals surface area (Å²) >= 11 is 0. The van der Waals surface area contributed by atoms with Crippen LogP contribution in [0.25, 0.3) is 0 Å². The lowest BCUT2D eigenvalue weighted by Gasteiger charge is -2.34. The standard InChI is InChI=1S/C17H21N3O4/c21-15-12-24-17(23)20(15)14-7-10-19(11-8-14)16(22)18-9-6-13-4-2-1-3-5-13/h1-5,14H,6-12H2,(H,18,22). The minimum Gasteiger partial charge on any atom is -0.439 e. The van der Waals surface area contributed by atoms with Crippen molar-refractivity contribution < 1.29 is 19.1 Å². The van der Waals surface area contributed by atoms with E-state index in [9.17, 15) is 14.4 Å². The first-order valence-corrected chi connectivity index (χ1v) is 8.20. The average Bonchev–Trinajstić information content (AvgIpc) is 2.94. The summed E-state index contributed by atoms with van der Waals surface area (Å²) in [6.07, 6.45) is 1.41. The van der Waals surface area contributed by atoms with Crippen LogP contribution in [0, 0.1) is 0 Å². The molecule has 0 aliphatic carbocycles. The predicted octanol–water partition coefficient (Wildman–Crippen LogP) is 1.38. The van der Waals surface area contributed by atoms with Crippen molar-refractivity contribution in [2.24, 2.45) is 0 Å². The van der Waals surface area contributed by atoms with Gasteiger partial charge in [-0.2, -0.15) is 0 Å². The lowest BCUT2D eigenvalue weighted by molar-refractivity contribution is -0.127. The van der Waals surface area contributed by atoms with E-state index >= 15 is 0 Å². The summed E-state index contributed by atoms with van der Waals surface area (Å²) in [7, 11) is 0. The van der Waals surface area contributed by atoms with Gasteiger partial charge < -0.3 is 15.0 Å². The molecule has 1 N–H and O–H groups in total. The smallest absolute Gasteiger partial charge is 0.417 e. The molecule has 3 rings (SSSR count). The molecule has 2 fully saturated rings. The van der Waals surface area contributed by atoms with Gasteiger partial charge in [-0.3, -0.25) is 4.79 Å². The lowest BCUT2D eigenvalue weighted by Crippen LogP contribution is -2.51. The summed E-state index contributed by atoms with van der Waals surface area (Å²) in [5, 5.41) is 2.92. The summed E-state index contributed by atoms with van der Waals surface area (Å²) in [6, 6.07) is 9.72. The number of nitrogens with one attached hydrogen (secondary N) is 1. The summed E-state index contributed by atoms with van der Waals surface area (Å²) in [6.45, 7) is 1.47. The van der Waals surface area contributed by atoms with Crippen molar-refractivity contribution in [2.45, 2.75) is 25.3 Å². The molecule has 0 radical (unpaired) electrons. The number of likely N-dealkylation sites (tertiary alicyclic amines) is 1. The van der Waals surface area contributed by atoms with Gasteiger partial charge in [0.15, 0.2) is 6.61 Å². The van der Waals surface area contributed by atoms with Crippen molar-refractivity contribution in [2.75, 3.05) is 26.2 Å². The number of hydrogen-bond acceptors (Lipinski definition) is 4. The zero-order valence-corrected chi connectivity index (χ0v) is 13.4. The molecule has 4 amide bonds. The fourth-order valence-corrected chi connectivity index (χ4v) is 3.11. The average molecular weight is 331 g/mol. The summed E-state index contributed by atoms with van der Waals surface area (Å²) < 4.78 is 4.74. The third kappa shape index (κ3) is 3.67. The first-order chi connectivity index (χ1) is 11.6. The van der Waals surface area contributed by atoms with Crippen LogP contribution in [0.3, 0.4) is 0 Å². The molecule has 1 aromatic carbocycles. The molecule has 0 atom stereocenters. The van der Waals surface area contributed by atoms with Gasteiger partial charge in [0.2, 0.25) is 0 Å². The van der Waals surface area contributed by atoms with E-state index in [2.05, 4.69) is 5.32 Å². The number of nitrogens with zero attached hydrogens (tertiary/aromatic N) is 2. The van der Waals surface area contributed by atoms with Crippen LogP contribution in [0.2, 0.25) is 0 Å². The second kappa shape index (κ2) is 7.33. The van der Waals surface area contributed by atoms with Crippen LogP contribution in [0.15, 0.2) is 30.3 Å². The Morgan fingerprint density at radius 2 is 1.88 bits per heavy atom. The maximum absolute atomic E-state index is 12.2. The highest BCUT2D eigenvalue weighted by Crippen LogP contribution is 2.20. The van der Waals surface area contributed by atoms with Gasteiger partial charge in [-0.25, -0.2) is 14.5 Å². The predicted molar refractivity (Wildman–Crippen MR) is 86.3 cm³/mol. The van der Waals surface area contributed by atoms with E-state index in [1.807, 2.05) is 30.3 Å². The molecule has 2 heterocycles. The van der Waals surface area contributed by atoms with Crippen LogP contribution in [0.1, 0.15) is 18.4 Å². The Hall–Kier alpha value is -2.57. The SMILES string of the molecule is O=C(NCCc1ccccc1)N1CCC(N2C(=O)COC2=O)CC1. The zero-order valence-electron chi connectivity index (χ0n) is 13.4. The molecule has 1 aromatic rings. The molecule has 0 bridgehead atoms. The second-order valence-corrected chi connectivity index (χ2v) is 6.00. The molecule has 24 heavy (non-hydrogen) atoms. The molecular formula is C17H21N3O4. The molecule has 2 aliphatic heterocycles. The number of urea groups is 1. The van der Waals surface area contributed by atoms with Gasteiger partial charge in [-0.1, -0.05) is 30.3 Å². The van der Waals surface area contributed by atoms with Gasteiger partial charge in [-0.05, 0) is 24.8 Å². The van der Waals surface area contributed by atoms with Gasteiger partial charge >= 0.3 is 12.1 Å². The topological polar surface area (TPSA) is 79.0 Å². The number of carbonyl (C=O) groups is 3. The fourth-order valence-electron chi connectivity index (χ4n) is 3.11. The normalized spacial score (nSPS) is 18.7. The maximum atomic E-state index is 12.2. The highest BCUT2D eigenvalue weighted by Gasteiger charge is 2.38. The third-order valence-electron chi connectivity index (χ3n) is 4.43. The Labute approximate surface area is 140 Å². The molecule has 2 aliphatic rings. The Morgan fingerprint density at radius 1 is 1.17 bits per heavy atom. The van der Waals surface area contributed by atoms with Crippen LogP contribution in [0.5, 0.6) is 0 Å². The molecule has 7 heteroatoms. The van der Waals surface area contributed by atoms with Crippen LogP contribution < -0.4 is 5.32 Å². The first kappa shape index (κ1) is 16.3. The third-order valence-corrected chi connectivity index (χ3v) is 4.43. The van der Waals surface area contributed by atoms with Crippen molar-refractivity contribution in [1.29, 1.82) is 0 Å². The van der Waals surface area contributed by atoms with Gasteiger partial charge in [0.1, 0.15) is 0 Å². The second-order valence-electron chi connectivity index (χ2n) is 6.00. The number of imide groups is 1. The van der Waals surface area contributed by atoms with Gasteiger partial charge in [-0.15, -0.1) is 0 Å². The van der Waals surface area contributed by atoms with Gasteiger partial charge in [0.05, 0.1) is 0 Å². The zero-order chi connectivity index (χ0) is 16.9. The van der Waals surface area contributed by atoms with E-state index in [-0.39, 0.29) is 24.6 Å². The Bertz CT molecular complexity index is 596. The van der Waals surface area contributed by atoms with Crippen LogP contribution >= 0.6 is 0 Å². The molecular weight excluding hydrogens is 310 g/mol. The lowest BCUT2D eigenvalue weighted by atomic mass is 10.0. The monoisotopic (exact) mass is 331 g/mol. The number of amides is 4. The van der Waals surface area contributed by atoms with Gasteiger partial charge in [0.25, 0.3) is 5.91 Å². The number of carbonyl (C=O) groups excluding carboxylic acids is 3. The van der Waals surface area contributed by atoms with Crippen molar-refractivity contribution in [1.82, 2.24) is 15.1 Å². The highest BCUT2D eigenvalue weighted by atomic mass is 16.6. The van der Waals surface area contributed by atoms with Crippen molar-refractivity contribution in [3.8, 4) is 0 Å². The van der Waals surface area contributed by atoms with E-state index in [0.717, 1.165) is 6.42 Å². The van der Waals surface area contributed by atoms with Crippen molar-refractivity contribution >= 4 is 18.0 Å². The number of hydrogen-bond donors (Lipinski definition) is 1. The van der Waals surface area contributed by atoms with Crippen molar-refractivity contribution in [3.05, 3.63) is 35.9 Å². The maximum Gasteiger partial charge on any atom is 0.417 e. The Balaban J connectivity index is 1.42. The fraction of sp³-hybridized carbons (Fsp3) is 0.471. The minimum atomic E-state index is -0.564. The summed E-state index contributed by atoms with van der Waals surface area (Å²) in [5.41, 5.74) is 1.18.